The molecule has 1 aromatic carbocycles. The molecule has 1 fully saturated rings. The first kappa shape index (κ1) is 10.1. The minimum absolute atomic E-state index is 1.06. The molecule has 1 heterocycles. The van der Waals surface area contributed by atoms with Crippen LogP contribution in [0.5, 0.6) is 0 Å². The van der Waals surface area contributed by atoms with Gasteiger partial charge in [0.25, 0.3) is 0 Å². The van der Waals surface area contributed by atoms with Crippen molar-refractivity contribution in [1.82, 2.24) is 0 Å². The van der Waals surface area contributed by atoms with Crippen molar-refractivity contribution in [1.29, 1.82) is 0 Å². The van der Waals surface area contributed by atoms with Crippen LogP contribution in [-0.2, 0) is 13.3 Å². The van der Waals surface area contributed by atoms with E-state index < -0.39 is 17.1 Å². The summed E-state index contributed by atoms with van der Waals surface area (Å²) in [6.07, 6.45) is 0. The summed E-state index contributed by atoms with van der Waals surface area (Å²) < 4.78 is 16.2. The van der Waals surface area contributed by atoms with Crippen molar-refractivity contribution in [2.75, 3.05) is 0 Å². The highest BCUT2D eigenvalue weighted by atomic mass is 28.5. The summed E-state index contributed by atoms with van der Waals surface area (Å²) in [6, 6.07) is 9.92. The Bertz CT molecular complexity index is 317. The van der Waals surface area contributed by atoms with E-state index in [4.69, 9.17) is 13.3 Å². The second-order valence-electron chi connectivity index (χ2n) is 4.30. The largest absolute Gasteiger partial charge is 0.580 e. The van der Waals surface area contributed by atoms with Gasteiger partial charge in [0.15, 0.2) is 8.32 Å². The minimum atomic E-state index is -2.40. The summed E-state index contributed by atoms with van der Waals surface area (Å²) in [5.74, 6) is 0. The molecule has 0 bridgehead atoms. The molecule has 0 radical (unpaired) electrons. The van der Waals surface area contributed by atoms with Crippen molar-refractivity contribution >= 4 is 22.3 Å². The average molecular weight is 226 g/mol. The number of rotatable bonds is 3. The van der Waals surface area contributed by atoms with E-state index in [0.717, 1.165) is 5.19 Å². The van der Waals surface area contributed by atoms with Crippen LogP contribution < -0.4 is 5.19 Å². The maximum absolute atomic E-state index is 5.96. The second kappa shape index (κ2) is 3.28. The van der Waals surface area contributed by atoms with E-state index in [9.17, 15) is 0 Å². The molecule has 1 aliphatic heterocycles. The zero-order chi connectivity index (χ0) is 10.2. The molecular weight excluding hydrogens is 212 g/mol. The fourth-order valence-electron chi connectivity index (χ4n) is 1.27. The molecule has 0 saturated carbocycles. The molecule has 0 aromatic heterocycles. The van der Waals surface area contributed by atoms with Crippen molar-refractivity contribution in [3.8, 4) is 0 Å². The Morgan fingerprint density at radius 1 is 1.07 bits per heavy atom. The Morgan fingerprint density at radius 3 is 2.07 bits per heavy atom. The molecule has 0 unspecified atom stereocenters. The lowest BCUT2D eigenvalue weighted by molar-refractivity contribution is 0.0850. The molecule has 0 spiro atoms. The summed E-state index contributed by atoms with van der Waals surface area (Å²) in [7, 11) is -4.00. The SMILES string of the molecule is C[Si](C)(C)O[Si]1(c2ccccc2)OO1. The van der Waals surface area contributed by atoms with Gasteiger partial charge >= 0.3 is 8.80 Å². The summed E-state index contributed by atoms with van der Waals surface area (Å²) in [6.45, 7) is 6.40. The topological polar surface area (TPSA) is 34.3 Å². The Hall–Kier alpha value is -0.466. The molecular formula is C9H14O3Si2. The molecule has 0 atom stereocenters. The van der Waals surface area contributed by atoms with Gasteiger partial charge in [0.1, 0.15) is 0 Å². The summed E-state index contributed by atoms with van der Waals surface area (Å²) in [5, 5.41) is 1.06. The molecule has 0 aliphatic carbocycles. The Balaban J connectivity index is 2.18. The van der Waals surface area contributed by atoms with Gasteiger partial charge < -0.3 is 4.12 Å². The monoisotopic (exact) mass is 226 g/mol. The van der Waals surface area contributed by atoms with Gasteiger partial charge in [-0.2, -0.15) is 0 Å². The smallest absolute Gasteiger partial charge is 0.410 e. The zero-order valence-electron chi connectivity index (χ0n) is 8.61. The standard InChI is InChI=1S/C9H14O3Si2/c1-13(2,3)12-14(10-11-14)9-7-5-4-6-8-9/h4-8H,1-3H3. The summed E-state index contributed by atoms with van der Waals surface area (Å²) >= 11 is 0. The first-order valence-electron chi connectivity index (χ1n) is 4.64. The van der Waals surface area contributed by atoms with Gasteiger partial charge in [0.05, 0.1) is 0 Å². The first-order chi connectivity index (χ1) is 6.52. The lowest BCUT2D eigenvalue weighted by Gasteiger charge is -2.18. The molecule has 2 rings (SSSR count). The fourth-order valence-corrected chi connectivity index (χ4v) is 6.34. The van der Waals surface area contributed by atoms with Crippen LogP contribution in [-0.4, -0.2) is 17.1 Å². The van der Waals surface area contributed by atoms with Crippen LogP contribution in [0, 0.1) is 0 Å². The molecule has 3 nitrogen and oxygen atoms in total. The zero-order valence-corrected chi connectivity index (χ0v) is 10.6. The molecule has 1 saturated heterocycles. The van der Waals surface area contributed by atoms with Gasteiger partial charge in [0.2, 0.25) is 0 Å². The van der Waals surface area contributed by atoms with Crippen LogP contribution in [0.1, 0.15) is 0 Å². The minimum Gasteiger partial charge on any atom is -0.410 e. The van der Waals surface area contributed by atoms with Gasteiger partial charge in [0, 0.05) is 5.19 Å². The second-order valence-corrected chi connectivity index (χ2v) is 11.4. The van der Waals surface area contributed by atoms with Crippen molar-refractivity contribution in [2.45, 2.75) is 19.6 Å². The molecule has 1 aromatic rings. The molecule has 1 aliphatic rings. The summed E-state index contributed by atoms with van der Waals surface area (Å²) in [4.78, 5) is 0. The van der Waals surface area contributed by atoms with E-state index in [-0.39, 0.29) is 0 Å². The van der Waals surface area contributed by atoms with E-state index in [1.807, 2.05) is 30.3 Å². The predicted octanol–water partition coefficient (Wildman–Crippen LogP) is 1.65. The van der Waals surface area contributed by atoms with Crippen LogP contribution in [0.25, 0.3) is 0 Å². The van der Waals surface area contributed by atoms with Gasteiger partial charge in [-0.3, -0.25) is 0 Å². The van der Waals surface area contributed by atoms with Crippen LogP contribution >= 0.6 is 0 Å². The van der Waals surface area contributed by atoms with Crippen LogP contribution in [0.15, 0.2) is 30.3 Å². The van der Waals surface area contributed by atoms with Gasteiger partial charge in [-0.25, -0.2) is 9.15 Å². The number of hydrogen-bond acceptors (Lipinski definition) is 3. The van der Waals surface area contributed by atoms with E-state index in [1.165, 1.54) is 0 Å². The highest BCUT2D eigenvalue weighted by Crippen LogP contribution is 2.28. The number of hydrogen-bond donors (Lipinski definition) is 0. The lowest BCUT2D eigenvalue weighted by atomic mass is 10.4. The Kier molecular flexibility index (Phi) is 2.36. The van der Waals surface area contributed by atoms with Crippen molar-refractivity contribution in [2.24, 2.45) is 0 Å². The highest BCUT2D eigenvalue weighted by molar-refractivity contribution is 6.88. The van der Waals surface area contributed by atoms with E-state index in [2.05, 4.69) is 19.6 Å². The third-order valence-electron chi connectivity index (χ3n) is 1.80. The number of benzene rings is 1. The lowest BCUT2D eigenvalue weighted by Crippen LogP contribution is -2.46. The predicted molar refractivity (Wildman–Crippen MR) is 58.4 cm³/mol. The van der Waals surface area contributed by atoms with Crippen molar-refractivity contribution in [3.05, 3.63) is 30.3 Å². The fraction of sp³-hybridized carbons (Fsp3) is 0.333. The first-order valence-corrected chi connectivity index (χ1v) is 9.78. The van der Waals surface area contributed by atoms with Crippen LogP contribution in [0.4, 0.5) is 0 Å². The molecule has 0 N–H and O–H groups in total. The van der Waals surface area contributed by atoms with Gasteiger partial charge in [-0.05, 0) is 19.6 Å². The molecule has 0 amide bonds. The maximum atomic E-state index is 5.96. The van der Waals surface area contributed by atoms with Gasteiger partial charge in [-0.15, -0.1) is 0 Å². The van der Waals surface area contributed by atoms with E-state index in [1.54, 1.807) is 0 Å². The average Bonchev–Trinajstić information content (AvgIpc) is 2.85. The Morgan fingerprint density at radius 2 is 1.64 bits per heavy atom. The third-order valence-corrected chi connectivity index (χ3v) is 6.84. The van der Waals surface area contributed by atoms with Crippen LogP contribution in [0.2, 0.25) is 19.6 Å². The highest BCUT2D eigenvalue weighted by Gasteiger charge is 2.62. The molecule has 76 valence electrons. The summed E-state index contributed by atoms with van der Waals surface area (Å²) in [5.41, 5.74) is 0. The third kappa shape index (κ3) is 2.13. The van der Waals surface area contributed by atoms with E-state index >= 15 is 0 Å². The van der Waals surface area contributed by atoms with E-state index in [0.29, 0.717) is 0 Å². The molecule has 14 heavy (non-hydrogen) atoms. The van der Waals surface area contributed by atoms with Crippen molar-refractivity contribution in [3.63, 3.8) is 0 Å². The Labute approximate surface area is 86.0 Å². The van der Waals surface area contributed by atoms with Crippen LogP contribution in [0.3, 0.4) is 0 Å². The maximum Gasteiger partial charge on any atom is 0.580 e. The normalized spacial score (nSPS) is 19.4. The van der Waals surface area contributed by atoms with Crippen molar-refractivity contribution < 1.29 is 13.3 Å². The van der Waals surface area contributed by atoms with Gasteiger partial charge in [-0.1, -0.05) is 30.3 Å². The quantitative estimate of drug-likeness (QED) is 0.446. The molecule has 5 heteroatoms.